The van der Waals surface area contributed by atoms with Crippen LogP contribution in [0.1, 0.15) is 18.9 Å². The van der Waals surface area contributed by atoms with Crippen molar-refractivity contribution in [1.82, 2.24) is 0 Å². The summed E-state index contributed by atoms with van der Waals surface area (Å²) in [5.74, 6) is -0.515. The molecule has 1 rings (SSSR count). The van der Waals surface area contributed by atoms with Crippen LogP contribution in [0.5, 0.6) is 0 Å². The molecule has 3 nitrogen and oxygen atoms in total. The molecular formula is C9H12FNO2S. The second-order valence-electron chi connectivity index (χ2n) is 3.05. The molecule has 5 heteroatoms. The van der Waals surface area contributed by atoms with Crippen molar-refractivity contribution in [3.05, 3.63) is 29.6 Å². The van der Waals surface area contributed by atoms with Crippen LogP contribution in [0.15, 0.2) is 23.1 Å². The largest absolute Gasteiger partial charge is 0.238 e. The molecular weight excluding hydrogens is 205 g/mol. The molecule has 0 saturated carbocycles. The zero-order chi connectivity index (χ0) is 10.8. The lowest BCUT2D eigenvalue weighted by atomic mass is 10.1. The zero-order valence-corrected chi connectivity index (χ0v) is 8.64. The van der Waals surface area contributed by atoms with Crippen molar-refractivity contribution in [1.29, 1.82) is 0 Å². The Labute approximate surface area is 82.8 Å². The third kappa shape index (κ3) is 2.52. The molecule has 0 heterocycles. The van der Waals surface area contributed by atoms with Crippen molar-refractivity contribution in [2.24, 2.45) is 5.14 Å². The van der Waals surface area contributed by atoms with E-state index in [0.717, 1.165) is 12.5 Å². The summed E-state index contributed by atoms with van der Waals surface area (Å²) in [5.41, 5.74) is 0.514. The molecule has 0 aliphatic heterocycles. The van der Waals surface area contributed by atoms with Gasteiger partial charge in [0.15, 0.2) is 0 Å². The number of hydrogen-bond donors (Lipinski definition) is 1. The standard InChI is InChI=1S/C9H12FNO2S/c1-2-3-7-4-5-8(6-9(7)10)14(11,12)13/h4-6H,2-3H2,1H3,(H2,11,12,13). The van der Waals surface area contributed by atoms with E-state index in [0.29, 0.717) is 12.0 Å². The van der Waals surface area contributed by atoms with Gasteiger partial charge < -0.3 is 0 Å². The summed E-state index contributed by atoms with van der Waals surface area (Å²) in [7, 11) is -3.80. The number of primary sulfonamides is 1. The molecule has 1 aromatic rings. The van der Waals surface area contributed by atoms with Gasteiger partial charge in [-0.25, -0.2) is 17.9 Å². The minimum absolute atomic E-state index is 0.185. The van der Waals surface area contributed by atoms with Gasteiger partial charge in [0.1, 0.15) is 5.82 Å². The number of benzene rings is 1. The van der Waals surface area contributed by atoms with Crippen LogP contribution in [0.2, 0.25) is 0 Å². The quantitative estimate of drug-likeness (QED) is 0.832. The normalized spacial score (nSPS) is 11.6. The number of halogens is 1. The van der Waals surface area contributed by atoms with Crippen molar-refractivity contribution >= 4 is 10.0 Å². The maximum atomic E-state index is 13.2. The zero-order valence-electron chi connectivity index (χ0n) is 7.83. The summed E-state index contributed by atoms with van der Waals surface area (Å²) in [6.45, 7) is 1.92. The lowest BCUT2D eigenvalue weighted by Crippen LogP contribution is -2.12. The summed E-state index contributed by atoms with van der Waals surface area (Å²) < 4.78 is 35.0. The van der Waals surface area contributed by atoms with Gasteiger partial charge in [-0.05, 0) is 24.1 Å². The molecule has 78 valence electrons. The third-order valence-corrected chi connectivity index (χ3v) is 2.78. The van der Waals surface area contributed by atoms with E-state index in [-0.39, 0.29) is 4.90 Å². The number of hydrogen-bond acceptors (Lipinski definition) is 2. The first-order chi connectivity index (χ1) is 6.45. The highest BCUT2D eigenvalue weighted by molar-refractivity contribution is 7.89. The molecule has 0 unspecified atom stereocenters. The summed E-state index contributed by atoms with van der Waals surface area (Å²) in [4.78, 5) is -0.185. The van der Waals surface area contributed by atoms with Gasteiger partial charge >= 0.3 is 0 Å². The topological polar surface area (TPSA) is 60.2 Å². The smallest absolute Gasteiger partial charge is 0.225 e. The van der Waals surface area contributed by atoms with Crippen LogP contribution in [0.3, 0.4) is 0 Å². The number of sulfonamides is 1. The highest BCUT2D eigenvalue weighted by atomic mass is 32.2. The molecule has 0 spiro atoms. The number of aryl methyl sites for hydroxylation is 1. The Hall–Kier alpha value is -0.940. The number of nitrogens with two attached hydrogens (primary N) is 1. The maximum absolute atomic E-state index is 13.2. The monoisotopic (exact) mass is 217 g/mol. The molecule has 0 atom stereocenters. The van der Waals surface area contributed by atoms with Gasteiger partial charge in [-0.1, -0.05) is 19.4 Å². The molecule has 0 radical (unpaired) electrons. The maximum Gasteiger partial charge on any atom is 0.238 e. The molecule has 14 heavy (non-hydrogen) atoms. The van der Waals surface area contributed by atoms with Gasteiger partial charge in [0, 0.05) is 0 Å². The Kier molecular flexibility index (Phi) is 3.23. The van der Waals surface area contributed by atoms with E-state index in [9.17, 15) is 12.8 Å². The predicted octanol–water partition coefficient (Wildman–Crippen LogP) is 1.43. The molecule has 1 aromatic carbocycles. The van der Waals surface area contributed by atoms with Crippen LogP contribution < -0.4 is 5.14 Å². The first kappa shape index (κ1) is 11.1. The van der Waals surface area contributed by atoms with Gasteiger partial charge in [0.2, 0.25) is 10.0 Å². The fourth-order valence-electron chi connectivity index (χ4n) is 1.18. The fraction of sp³-hybridized carbons (Fsp3) is 0.333. The van der Waals surface area contributed by atoms with Crippen molar-refractivity contribution in [2.45, 2.75) is 24.7 Å². The van der Waals surface area contributed by atoms with Gasteiger partial charge in [-0.15, -0.1) is 0 Å². The lowest BCUT2D eigenvalue weighted by molar-refractivity contribution is 0.587. The van der Waals surface area contributed by atoms with Gasteiger partial charge in [0.25, 0.3) is 0 Å². The Morgan fingerprint density at radius 3 is 2.50 bits per heavy atom. The van der Waals surface area contributed by atoms with Crippen LogP contribution in [-0.2, 0) is 16.4 Å². The summed E-state index contributed by atoms with van der Waals surface area (Å²) in [6.07, 6.45) is 1.41. The minimum atomic E-state index is -3.80. The molecule has 0 amide bonds. The van der Waals surface area contributed by atoms with E-state index in [4.69, 9.17) is 5.14 Å². The van der Waals surface area contributed by atoms with E-state index in [2.05, 4.69) is 0 Å². The van der Waals surface area contributed by atoms with Gasteiger partial charge in [0.05, 0.1) is 4.90 Å². The third-order valence-electron chi connectivity index (χ3n) is 1.87. The second-order valence-corrected chi connectivity index (χ2v) is 4.61. The molecule has 0 saturated heterocycles. The molecule has 2 N–H and O–H groups in total. The Balaban J connectivity index is 3.13. The van der Waals surface area contributed by atoms with Crippen LogP contribution in [-0.4, -0.2) is 8.42 Å². The number of rotatable bonds is 3. The average molecular weight is 217 g/mol. The van der Waals surface area contributed by atoms with Crippen LogP contribution in [0.4, 0.5) is 4.39 Å². The average Bonchev–Trinajstić information content (AvgIpc) is 2.07. The van der Waals surface area contributed by atoms with Crippen molar-refractivity contribution in [3.8, 4) is 0 Å². The SMILES string of the molecule is CCCc1ccc(S(N)(=O)=O)cc1F. The Morgan fingerprint density at radius 1 is 1.43 bits per heavy atom. The van der Waals surface area contributed by atoms with E-state index < -0.39 is 15.8 Å². The molecule has 0 aliphatic carbocycles. The van der Waals surface area contributed by atoms with E-state index in [1.807, 2.05) is 6.92 Å². The van der Waals surface area contributed by atoms with Gasteiger partial charge in [-0.3, -0.25) is 0 Å². The van der Waals surface area contributed by atoms with E-state index >= 15 is 0 Å². The highest BCUT2D eigenvalue weighted by Gasteiger charge is 2.10. The Morgan fingerprint density at radius 2 is 2.07 bits per heavy atom. The van der Waals surface area contributed by atoms with Crippen molar-refractivity contribution in [2.75, 3.05) is 0 Å². The molecule has 0 bridgehead atoms. The first-order valence-corrected chi connectivity index (χ1v) is 5.81. The second kappa shape index (κ2) is 4.06. The first-order valence-electron chi connectivity index (χ1n) is 4.26. The van der Waals surface area contributed by atoms with E-state index in [1.54, 1.807) is 0 Å². The van der Waals surface area contributed by atoms with Gasteiger partial charge in [-0.2, -0.15) is 0 Å². The molecule has 0 aliphatic rings. The summed E-state index contributed by atoms with van der Waals surface area (Å²) >= 11 is 0. The van der Waals surface area contributed by atoms with Crippen molar-refractivity contribution in [3.63, 3.8) is 0 Å². The fourth-order valence-corrected chi connectivity index (χ4v) is 1.70. The summed E-state index contributed by atoms with van der Waals surface area (Å²) in [5, 5.41) is 4.86. The predicted molar refractivity (Wildman–Crippen MR) is 51.8 cm³/mol. The van der Waals surface area contributed by atoms with Crippen LogP contribution in [0.25, 0.3) is 0 Å². The van der Waals surface area contributed by atoms with Crippen LogP contribution >= 0.6 is 0 Å². The highest BCUT2D eigenvalue weighted by Crippen LogP contribution is 2.14. The molecule has 0 aromatic heterocycles. The van der Waals surface area contributed by atoms with Crippen molar-refractivity contribution < 1.29 is 12.8 Å². The van der Waals surface area contributed by atoms with Crippen LogP contribution in [0, 0.1) is 5.82 Å². The van der Waals surface area contributed by atoms with E-state index in [1.165, 1.54) is 12.1 Å². The molecule has 0 fully saturated rings. The minimum Gasteiger partial charge on any atom is -0.225 e. The lowest BCUT2D eigenvalue weighted by Gasteiger charge is -2.03. The Bertz CT molecular complexity index is 428. The summed E-state index contributed by atoms with van der Waals surface area (Å²) in [6, 6.07) is 3.74.